The number of rotatable bonds is 2. The fourth-order valence-electron chi connectivity index (χ4n) is 3.34. The van der Waals surface area contributed by atoms with E-state index in [2.05, 4.69) is 0 Å². The van der Waals surface area contributed by atoms with Crippen LogP contribution in [0.5, 0.6) is 5.75 Å². The molecule has 3 nitrogen and oxygen atoms in total. The summed E-state index contributed by atoms with van der Waals surface area (Å²) in [5, 5.41) is 22.8. The van der Waals surface area contributed by atoms with E-state index >= 15 is 0 Å². The monoisotopic (exact) mass is 292 g/mol. The number of aliphatic hydroxyl groups excluding tert-OH is 2. The van der Waals surface area contributed by atoms with Gasteiger partial charge in [-0.25, -0.2) is 0 Å². The van der Waals surface area contributed by atoms with Gasteiger partial charge in [0.2, 0.25) is 0 Å². The Hall–Kier alpha value is -2.36. The molecule has 0 saturated carbocycles. The molecule has 4 rings (SSSR count). The summed E-state index contributed by atoms with van der Waals surface area (Å²) in [6.45, 7) is 0. The molecule has 2 atom stereocenters. The lowest BCUT2D eigenvalue weighted by atomic mass is 9.94. The van der Waals surface area contributed by atoms with Crippen molar-refractivity contribution in [2.45, 2.75) is 12.2 Å². The molecule has 1 aliphatic carbocycles. The van der Waals surface area contributed by atoms with E-state index in [0.29, 0.717) is 0 Å². The molecule has 0 fully saturated rings. The Kier molecular flexibility index (Phi) is 2.93. The first kappa shape index (κ1) is 13.3. The normalized spacial score (nSPS) is 19.6. The van der Waals surface area contributed by atoms with Crippen molar-refractivity contribution in [2.75, 3.05) is 7.11 Å². The van der Waals surface area contributed by atoms with Gasteiger partial charge in [-0.05, 0) is 45.2 Å². The topological polar surface area (TPSA) is 49.7 Å². The van der Waals surface area contributed by atoms with Crippen molar-refractivity contribution in [1.82, 2.24) is 0 Å². The molecular weight excluding hydrogens is 276 g/mol. The minimum absolute atomic E-state index is 0.794. The fraction of sp³-hybridized carbons (Fsp3) is 0.158. The van der Waals surface area contributed by atoms with Crippen molar-refractivity contribution in [2.24, 2.45) is 0 Å². The zero-order valence-electron chi connectivity index (χ0n) is 12.2. The molecule has 2 N–H and O–H groups in total. The molecule has 0 amide bonds. The standard InChI is InChI=1S/C19H16O3/c1-22-13-8-5-11(6-9-13)14-10-7-12-3-2-4-15-16(12)17(14)19(21)18(15)20/h2-10,18-21H,1H3/t18-,19+/m1/s1. The number of hydrogen-bond donors (Lipinski definition) is 2. The molecule has 110 valence electrons. The lowest BCUT2D eigenvalue weighted by Crippen LogP contribution is -2.03. The van der Waals surface area contributed by atoms with Crippen LogP contribution in [0.25, 0.3) is 21.9 Å². The summed E-state index contributed by atoms with van der Waals surface area (Å²) in [6.07, 6.45) is -1.75. The van der Waals surface area contributed by atoms with E-state index in [0.717, 1.165) is 38.8 Å². The highest BCUT2D eigenvalue weighted by atomic mass is 16.5. The Labute approximate surface area is 128 Å². The van der Waals surface area contributed by atoms with Crippen LogP contribution in [-0.4, -0.2) is 17.3 Å². The molecular formula is C19H16O3. The maximum absolute atomic E-state index is 10.5. The van der Waals surface area contributed by atoms with Gasteiger partial charge in [-0.15, -0.1) is 0 Å². The molecule has 0 saturated heterocycles. The minimum atomic E-state index is -0.891. The second kappa shape index (κ2) is 4.83. The first-order chi connectivity index (χ1) is 10.7. The molecule has 0 aromatic heterocycles. The second-order valence-electron chi connectivity index (χ2n) is 5.59. The van der Waals surface area contributed by atoms with Crippen LogP contribution in [0.2, 0.25) is 0 Å². The van der Waals surface area contributed by atoms with Gasteiger partial charge in [-0.1, -0.05) is 42.5 Å². The Morgan fingerprint density at radius 1 is 0.864 bits per heavy atom. The summed E-state index contributed by atoms with van der Waals surface area (Å²) < 4.78 is 5.19. The van der Waals surface area contributed by atoms with Gasteiger partial charge >= 0.3 is 0 Å². The molecule has 0 spiro atoms. The van der Waals surface area contributed by atoms with Crippen LogP contribution in [0.3, 0.4) is 0 Å². The van der Waals surface area contributed by atoms with Crippen molar-refractivity contribution < 1.29 is 14.9 Å². The summed E-state index contributed by atoms with van der Waals surface area (Å²) in [5.74, 6) is 0.794. The van der Waals surface area contributed by atoms with E-state index in [1.54, 1.807) is 7.11 Å². The van der Waals surface area contributed by atoms with Crippen LogP contribution in [0.4, 0.5) is 0 Å². The van der Waals surface area contributed by atoms with Gasteiger partial charge in [-0.2, -0.15) is 0 Å². The summed E-state index contributed by atoms with van der Waals surface area (Å²) in [5.41, 5.74) is 3.56. The summed E-state index contributed by atoms with van der Waals surface area (Å²) in [6, 6.07) is 17.6. The minimum Gasteiger partial charge on any atom is -0.497 e. The third-order valence-electron chi connectivity index (χ3n) is 4.43. The van der Waals surface area contributed by atoms with Crippen LogP contribution in [0, 0.1) is 0 Å². The number of benzene rings is 3. The van der Waals surface area contributed by atoms with Crippen molar-refractivity contribution >= 4 is 10.8 Å². The molecule has 3 aromatic carbocycles. The highest BCUT2D eigenvalue weighted by Gasteiger charge is 2.33. The highest BCUT2D eigenvalue weighted by molar-refractivity contribution is 5.97. The van der Waals surface area contributed by atoms with Gasteiger partial charge < -0.3 is 14.9 Å². The molecule has 0 unspecified atom stereocenters. The summed E-state index contributed by atoms with van der Waals surface area (Å²) in [4.78, 5) is 0. The number of ether oxygens (including phenoxy) is 1. The van der Waals surface area contributed by atoms with Crippen LogP contribution >= 0.6 is 0 Å². The van der Waals surface area contributed by atoms with Crippen LogP contribution in [-0.2, 0) is 0 Å². The Morgan fingerprint density at radius 3 is 2.36 bits per heavy atom. The van der Waals surface area contributed by atoms with E-state index in [4.69, 9.17) is 4.74 Å². The third kappa shape index (κ3) is 1.76. The second-order valence-corrected chi connectivity index (χ2v) is 5.59. The van der Waals surface area contributed by atoms with Gasteiger partial charge in [0.25, 0.3) is 0 Å². The number of methoxy groups -OCH3 is 1. The van der Waals surface area contributed by atoms with Crippen molar-refractivity contribution in [3.8, 4) is 16.9 Å². The fourth-order valence-corrected chi connectivity index (χ4v) is 3.34. The Morgan fingerprint density at radius 2 is 1.64 bits per heavy atom. The van der Waals surface area contributed by atoms with E-state index in [1.807, 2.05) is 54.6 Å². The lowest BCUT2D eigenvalue weighted by Gasteiger charge is -2.14. The van der Waals surface area contributed by atoms with Gasteiger partial charge in [0.15, 0.2) is 0 Å². The van der Waals surface area contributed by atoms with Crippen molar-refractivity contribution in [3.05, 3.63) is 65.7 Å². The predicted molar refractivity (Wildman–Crippen MR) is 85.9 cm³/mol. The van der Waals surface area contributed by atoms with E-state index in [1.165, 1.54) is 0 Å². The number of hydrogen-bond acceptors (Lipinski definition) is 3. The largest absolute Gasteiger partial charge is 0.497 e. The lowest BCUT2D eigenvalue weighted by molar-refractivity contribution is 0.0256. The van der Waals surface area contributed by atoms with E-state index in [-0.39, 0.29) is 0 Å². The first-order valence-electron chi connectivity index (χ1n) is 7.27. The zero-order chi connectivity index (χ0) is 15.3. The smallest absolute Gasteiger partial charge is 0.118 e. The van der Waals surface area contributed by atoms with Crippen molar-refractivity contribution in [3.63, 3.8) is 0 Å². The molecule has 0 radical (unpaired) electrons. The average molecular weight is 292 g/mol. The van der Waals surface area contributed by atoms with Gasteiger partial charge in [0.1, 0.15) is 18.0 Å². The molecule has 0 heterocycles. The Balaban J connectivity index is 1.98. The van der Waals surface area contributed by atoms with E-state index in [9.17, 15) is 10.2 Å². The maximum atomic E-state index is 10.5. The average Bonchev–Trinajstić information content (AvgIpc) is 2.83. The van der Waals surface area contributed by atoms with E-state index < -0.39 is 12.2 Å². The SMILES string of the molecule is COc1ccc(-c2ccc3cccc4c3c2[C@H](O)[C@@H]4O)cc1. The molecule has 22 heavy (non-hydrogen) atoms. The predicted octanol–water partition coefficient (Wildman–Crippen LogP) is 3.60. The molecule has 0 aliphatic heterocycles. The maximum Gasteiger partial charge on any atom is 0.118 e. The first-order valence-corrected chi connectivity index (χ1v) is 7.27. The van der Waals surface area contributed by atoms with Gasteiger partial charge in [-0.3, -0.25) is 0 Å². The van der Waals surface area contributed by atoms with Crippen LogP contribution in [0.1, 0.15) is 23.3 Å². The third-order valence-corrected chi connectivity index (χ3v) is 4.43. The van der Waals surface area contributed by atoms with Crippen LogP contribution in [0.15, 0.2) is 54.6 Å². The van der Waals surface area contributed by atoms with Crippen LogP contribution < -0.4 is 4.74 Å². The molecule has 0 bridgehead atoms. The van der Waals surface area contributed by atoms with Crippen molar-refractivity contribution in [1.29, 1.82) is 0 Å². The molecule has 3 aromatic rings. The zero-order valence-corrected chi connectivity index (χ0v) is 12.2. The summed E-state index contributed by atoms with van der Waals surface area (Å²) in [7, 11) is 1.64. The molecule has 1 aliphatic rings. The Bertz CT molecular complexity index is 852. The van der Waals surface area contributed by atoms with Gasteiger partial charge in [0.05, 0.1) is 7.11 Å². The molecule has 3 heteroatoms. The number of aliphatic hydroxyl groups is 2. The highest BCUT2D eigenvalue weighted by Crippen LogP contribution is 2.48. The van der Waals surface area contributed by atoms with Gasteiger partial charge in [0, 0.05) is 0 Å². The summed E-state index contributed by atoms with van der Waals surface area (Å²) >= 11 is 0. The quantitative estimate of drug-likeness (QED) is 0.759.